The Kier molecular flexibility index (Phi) is 6.44. The van der Waals surface area contributed by atoms with Gasteiger partial charge in [-0.05, 0) is 73.5 Å². The molecule has 0 bridgehead atoms. The molecular weight excluding hydrogens is 492 g/mol. The topological polar surface area (TPSA) is 73.8 Å². The van der Waals surface area contributed by atoms with E-state index in [4.69, 9.17) is 4.98 Å². The van der Waals surface area contributed by atoms with Gasteiger partial charge in [0, 0.05) is 38.8 Å². The van der Waals surface area contributed by atoms with E-state index in [0.29, 0.717) is 37.4 Å². The van der Waals surface area contributed by atoms with Crippen LogP contribution in [0.3, 0.4) is 0 Å². The Morgan fingerprint density at radius 1 is 0.917 bits per heavy atom. The summed E-state index contributed by atoms with van der Waals surface area (Å²) in [5, 5.41) is 0.985. The molecule has 0 saturated carbocycles. The van der Waals surface area contributed by atoms with E-state index in [9.17, 15) is 13.2 Å². The van der Waals surface area contributed by atoms with Crippen LogP contribution >= 0.6 is 11.3 Å². The number of thiazole rings is 1. The van der Waals surface area contributed by atoms with Crippen molar-refractivity contribution in [2.75, 3.05) is 42.4 Å². The van der Waals surface area contributed by atoms with Crippen LogP contribution in [-0.4, -0.2) is 57.4 Å². The molecule has 0 spiro atoms. The summed E-state index contributed by atoms with van der Waals surface area (Å²) in [4.78, 5) is 22.1. The summed E-state index contributed by atoms with van der Waals surface area (Å²) >= 11 is 1.69. The molecule has 0 unspecified atom stereocenters. The highest BCUT2D eigenvalue weighted by Crippen LogP contribution is 2.31. The summed E-state index contributed by atoms with van der Waals surface area (Å²) in [6, 6.07) is 19.4. The molecule has 36 heavy (non-hydrogen) atoms. The minimum Gasteiger partial charge on any atom is -0.345 e. The van der Waals surface area contributed by atoms with Crippen LogP contribution in [-0.2, 0) is 10.0 Å². The van der Waals surface area contributed by atoms with Gasteiger partial charge in [0.1, 0.15) is 0 Å². The van der Waals surface area contributed by atoms with Gasteiger partial charge < -0.3 is 9.80 Å². The molecule has 0 aliphatic carbocycles. The summed E-state index contributed by atoms with van der Waals surface area (Å²) in [5.74, 6) is -0.0921. The van der Waals surface area contributed by atoms with Crippen molar-refractivity contribution in [1.29, 1.82) is 0 Å². The number of hydrogen-bond donors (Lipinski definition) is 0. The second kappa shape index (κ2) is 9.55. The van der Waals surface area contributed by atoms with Crippen LogP contribution in [0.1, 0.15) is 21.5 Å². The van der Waals surface area contributed by atoms with Crippen molar-refractivity contribution in [3.05, 3.63) is 83.4 Å². The zero-order valence-corrected chi connectivity index (χ0v) is 22.1. The lowest BCUT2D eigenvalue weighted by molar-refractivity contribution is 0.0746. The fourth-order valence-corrected chi connectivity index (χ4v) is 6.58. The summed E-state index contributed by atoms with van der Waals surface area (Å²) in [6.45, 7) is 6.80. The van der Waals surface area contributed by atoms with Crippen LogP contribution in [0.15, 0.2) is 71.6 Å². The Labute approximate surface area is 215 Å². The molecule has 5 rings (SSSR count). The monoisotopic (exact) mass is 520 g/mol. The average Bonchev–Trinajstić information content (AvgIpc) is 3.31. The van der Waals surface area contributed by atoms with E-state index in [0.717, 1.165) is 10.6 Å². The number of anilines is 2. The number of nitrogens with zero attached hydrogens (tertiary/aromatic N) is 4. The lowest BCUT2D eigenvalue weighted by Crippen LogP contribution is -2.48. The minimum atomic E-state index is -3.72. The van der Waals surface area contributed by atoms with Gasteiger partial charge in [-0.2, -0.15) is 0 Å². The number of piperazine rings is 1. The van der Waals surface area contributed by atoms with E-state index in [2.05, 4.69) is 30.9 Å². The zero-order valence-electron chi connectivity index (χ0n) is 20.5. The highest BCUT2D eigenvalue weighted by molar-refractivity contribution is 7.92. The van der Waals surface area contributed by atoms with Gasteiger partial charge in [0.25, 0.3) is 15.9 Å². The van der Waals surface area contributed by atoms with Crippen molar-refractivity contribution < 1.29 is 13.2 Å². The van der Waals surface area contributed by atoms with Gasteiger partial charge in [-0.25, -0.2) is 13.4 Å². The molecule has 9 heteroatoms. The maximum Gasteiger partial charge on any atom is 0.264 e. The van der Waals surface area contributed by atoms with Gasteiger partial charge in [-0.1, -0.05) is 29.5 Å². The molecule has 0 radical (unpaired) electrons. The smallest absolute Gasteiger partial charge is 0.264 e. The molecule has 1 aliphatic rings. The van der Waals surface area contributed by atoms with Gasteiger partial charge in [-0.3, -0.25) is 9.10 Å². The first-order valence-electron chi connectivity index (χ1n) is 11.8. The zero-order chi connectivity index (χ0) is 25.4. The number of amides is 1. The fraction of sp³-hybridized carbons (Fsp3) is 0.259. The highest BCUT2D eigenvalue weighted by atomic mass is 32.2. The molecule has 2 heterocycles. The molecule has 4 aromatic rings. The number of aromatic nitrogens is 1. The number of benzene rings is 3. The van der Waals surface area contributed by atoms with E-state index >= 15 is 0 Å². The quantitative estimate of drug-likeness (QED) is 0.381. The van der Waals surface area contributed by atoms with Crippen molar-refractivity contribution in [3.8, 4) is 0 Å². The van der Waals surface area contributed by atoms with Crippen LogP contribution in [0.2, 0.25) is 0 Å². The number of fused-ring (bicyclic) bond motifs is 1. The summed E-state index contributed by atoms with van der Waals surface area (Å²) in [7, 11) is -2.19. The van der Waals surface area contributed by atoms with Crippen molar-refractivity contribution in [3.63, 3.8) is 0 Å². The minimum absolute atomic E-state index is 0.0921. The second-order valence-electron chi connectivity index (χ2n) is 9.01. The molecule has 0 N–H and O–H groups in total. The first-order chi connectivity index (χ1) is 17.2. The lowest BCUT2D eigenvalue weighted by atomic mass is 10.1. The molecule has 1 aliphatic heterocycles. The van der Waals surface area contributed by atoms with Crippen molar-refractivity contribution in [2.45, 2.75) is 18.7 Å². The fourth-order valence-electron chi connectivity index (χ4n) is 4.29. The van der Waals surface area contributed by atoms with Crippen molar-refractivity contribution in [1.82, 2.24) is 9.88 Å². The number of carbonyl (C=O) groups is 1. The van der Waals surface area contributed by atoms with Gasteiger partial charge in [-0.15, -0.1) is 0 Å². The molecule has 1 aromatic heterocycles. The first kappa shape index (κ1) is 24.3. The number of para-hydroxylation sites is 1. The number of carbonyl (C=O) groups excluding carboxylic acids is 1. The molecule has 1 saturated heterocycles. The summed E-state index contributed by atoms with van der Waals surface area (Å²) in [6.07, 6.45) is 0. The van der Waals surface area contributed by atoms with Gasteiger partial charge in [0.15, 0.2) is 5.13 Å². The van der Waals surface area contributed by atoms with Crippen LogP contribution in [0.5, 0.6) is 0 Å². The predicted molar refractivity (Wildman–Crippen MR) is 146 cm³/mol. The molecule has 0 atom stereocenters. The van der Waals surface area contributed by atoms with Crippen molar-refractivity contribution >= 4 is 48.3 Å². The lowest BCUT2D eigenvalue weighted by Gasteiger charge is -2.34. The second-order valence-corrected chi connectivity index (χ2v) is 12.0. The standard InChI is InChI=1S/C27H28N4O3S2/c1-19-17-24-25(18-20(19)2)35-27(28-24)31-15-13-30(14-16-31)26(32)21-9-11-23(12-10-21)36(33,34)29(3)22-7-5-4-6-8-22/h4-12,17-18H,13-16H2,1-3H3. The van der Waals surface area contributed by atoms with Crippen LogP contribution in [0, 0.1) is 13.8 Å². The predicted octanol–water partition coefficient (Wildman–Crippen LogP) is 4.70. The SMILES string of the molecule is Cc1cc2nc(N3CCN(C(=O)c4ccc(S(=O)(=O)N(C)c5ccccc5)cc4)CC3)sc2cc1C. The number of rotatable bonds is 5. The maximum atomic E-state index is 13.1. The van der Waals surface area contributed by atoms with Crippen LogP contribution < -0.4 is 9.21 Å². The van der Waals surface area contributed by atoms with E-state index in [1.165, 1.54) is 39.3 Å². The Morgan fingerprint density at radius 2 is 1.56 bits per heavy atom. The van der Waals surface area contributed by atoms with Crippen LogP contribution in [0.4, 0.5) is 10.8 Å². The largest absolute Gasteiger partial charge is 0.345 e. The molecule has 1 amide bonds. The molecular formula is C27H28N4O3S2. The summed E-state index contributed by atoms with van der Waals surface area (Å²) < 4.78 is 28.4. The average molecular weight is 521 g/mol. The third-order valence-corrected chi connectivity index (χ3v) is 9.59. The number of aryl methyl sites for hydroxylation is 2. The Hall–Kier alpha value is -3.43. The molecule has 186 valence electrons. The maximum absolute atomic E-state index is 13.1. The Morgan fingerprint density at radius 3 is 2.22 bits per heavy atom. The number of sulfonamides is 1. The van der Waals surface area contributed by atoms with Crippen LogP contribution in [0.25, 0.3) is 10.2 Å². The molecule has 1 fully saturated rings. The van der Waals surface area contributed by atoms with Gasteiger partial charge in [0.05, 0.1) is 20.8 Å². The Balaban J connectivity index is 1.25. The Bertz CT molecular complexity index is 1470. The highest BCUT2D eigenvalue weighted by Gasteiger charge is 2.26. The first-order valence-corrected chi connectivity index (χ1v) is 14.1. The third kappa shape index (κ3) is 4.56. The number of hydrogen-bond acceptors (Lipinski definition) is 6. The van der Waals surface area contributed by atoms with Crippen molar-refractivity contribution in [2.24, 2.45) is 0 Å². The molecule has 3 aromatic carbocycles. The van der Waals surface area contributed by atoms with Gasteiger partial charge >= 0.3 is 0 Å². The van der Waals surface area contributed by atoms with E-state index in [-0.39, 0.29) is 10.8 Å². The summed E-state index contributed by atoms with van der Waals surface area (Å²) in [5.41, 5.74) is 4.58. The van der Waals surface area contributed by atoms with E-state index in [1.54, 1.807) is 47.7 Å². The third-order valence-electron chi connectivity index (χ3n) is 6.71. The van der Waals surface area contributed by atoms with E-state index < -0.39 is 10.0 Å². The van der Waals surface area contributed by atoms with Gasteiger partial charge in [0.2, 0.25) is 0 Å². The van der Waals surface area contributed by atoms with E-state index in [1.807, 2.05) is 11.0 Å². The molecule has 7 nitrogen and oxygen atoms in total. The normalized spacial score (nSPS) is 14.3.